The molecule has 4 rings (SSSR count). The fourth-order valence-corrected chi connectivity index (χ4v) is 4.10. The van der Waals surface area contributed by atoms with Crippen molar-refractivity contribution in [2.75, 3.05) is 17.2 Å². The first-order valence-corrected chi connectivity index (χ1v) is 11.9. The maximum Gasteiger partial charge on any atom is 0.325 e. The van der Waals surface area contributed by atoms with E-state index in [-0.39, 0.29) is 12.6 Å². The van der Waals surface area contributed by atoms with E-state index in [9.17, 15) is 19.2 Å². The van der Waals surface area contributed by atoms with Gasteiger partial charge in [-0.05, 0) is 61.7 Å². The van der Waals surface area contributed by atoms with Crippen molar-refractivity contribution in [3.05, 3.63) is 95.1 Å². The summed E-state index contributed by atoms with van der Waals surface area (Å²) < 4.78 is 0. The third kappa shape index (κ3) is 5.95. The highest BCUT2D eigenvalue weighted by Gasteiger charge is 2.49. The molecule has 0 bridgehead atoms. The quantitative estimate of drug-likeness (QED) is 0.367. The normalized spacial score (nSPS) is 16.8. The Balaban J connectivity index is 1.32. The van der Waals surface area contributed by atoms with Gasteiger partial charge in [-0.1, -0.05) is 54.1 Å². The van der Waals surface area contributed by atoms with Gasteiger partial charge in [0.15, 0.2) is 0 Å². The minimum absolute atomic E-state index is 0.159. The highest BCUT2D eigenvalue weighted by molar-refractivity contribution is 6.09. The number of imide groups is 1. The monoisotopic (exact) mass is 499 g/mol. The lowest BCUT2D eigenvalue weighted by atomic mass is 9.91. The molecule has 1 aliphatic heterocycles. The molecule has 190 valence electrons. The van der Waals surface area contributed by atoms with Gasteiger partial charge in [-0.15, -0.1) is 0 Å². The van der Waals surface area contributed by atoms with Crippen LogP contribution in [0.1, 0.15) is 29.2 Å². The van der Waals surface area contributed by atoms with Crippen molar-refractivity contribution in [2.45, 2.75) is 32.9 Å². The standard InChI is InChI=1S/C28H29N5O4/c1-18-10-12-21(13-11-18)28(3)25(35)33(27(37)32-28)17-24(34)29-16-20-7-5-9-23(15-20)31-26(36)30-22-8-4-6-19(2)14-22/h4-15H,16-17H2,1-3H3,(H,29,34)(H,32,37)(H2,30,31,36). The van der Waals surface area contributed by atoms with Gasteiger partial charge in [0.25, 0.3) is 5.91 Å². The molecule has 0 saturated carbocycles. The van der Waals surface area contributed by atoms with Crippen LogP contribution in [0, 0.1) is 13.8 Å². The van der Waals surface area contributed by atoms with E-state index in [4.69, 9.17) is 0 Å². The van der Waals surface area contributed by atoms with E-state index >= 15 is 0 Å². The average Bonchev–Trinajstić information content (AvgIpc) is 3.07. The molecule has 1 saturated heterocycles. The second kappa shape index (κ2) is 10.5. The first-order valence-electron chi connectivity index (χ1n) is 11.9. The average molecular weight is 500 g/mol. The van der Waals surface area contributed by atoms with Crippen LogP contribution in [0.2, 0.25) is 0 Å². The lowest BCUT2D eigenvalue weighted by Gasteiger charge is -2.22. The second-order valence-corrected chi connectivity index (χ2v) is 9.24. The number of hydrogen-bond donors (Lipinski definition) is 4. The van der Waals surface area contributed by atoms with Gasteiger partial charge in [0.05, 0.1) is 0 Å². The SMILES string of the molecule is Cc1ccc(C2(C)NC(=O)N(CC(=O)NCc3cccc(NC(=O)Nc4cccc(C)c4)c3)C2=O)cc1. The number of carbonyl (C=O) groups is 4. The van der Waals surface area contributed by atoms with Gasteiger partial charge in [0.1, 0.15) is 12.1 Å². The van der Waals surface area contributed by atoms with E-state index in [0.29, 0.717) is 16.9 Å². The molecule has 4 N–H and O–H groups in total. The number of aryl methyl sites for hydroxylation is 2. The van der Waals surface area contributed by atoms with E-state index in [0.717, 1.165) is 21.6 Å². The number of hydrogen-bond acceptors (Lipinski definition) is 4. The summed E-state index contributed by atoms with van der Waals surface area (Å²) in [5.74, 6) is -0.963. The van der Waals surface area contributed by atoms with E-state index < -0.39 is 29.9 Å². The van der Waals surface area contributed by atoms with Crippen LogP contribution in [0.4, 0.5) is 21.0 Å². The van der Waals surface area contributed by atoms with Crippen LogP contribution in [-0.4, -0.2) is 35.3 Å². The first-order chi connectivity index (χ1) is 17.6. The molecular formula is C28H29N5O4. The van der Waals surface area contributed by atoms with Crippen LogP contribution in [0.5, 0.6) is 0 Å². The number of amides is 6. The third-order valence-electron chi connectivity index (χ3n) is 6.16. The highest BCUT2D eigenvalue weighted by atomic mass is 16.2. The largest absolute Gasteiger partial charge is 0.350 e. The zero-order valence-electron chi connectivity index (χ0n) is 20.9. The number of nitrogens with zero attached hydrogens (tertiary/aromatic N) is 1. The summed E-state index contributed by atoms with van der Waals surface area (Å²) in [5.41, 5.74) is 3.46. The van der Waals surface area contributed by atoms with Gasteiger partial charge in [-0.2, -0.15) is 0 Å². The minimum Gasteiger partial charge on any atom is -0.350 e. The van der Waals surface area contributed by atoms with Gasteiger partial charge in [0, 0.05) is 17.9 Å². The van der Waals surface area contributed by atoms with Gasteiger partial charge in [-0.3, -0.25) is 14.5 Å². The minimum atomic E-state index is -1.23. The van der Waals surface area contributed by atoms with E-state index in [1.165, 1.54) is 0 Å². The fourth-order valence-electron chi connectivity index (χ4n) is 4.10. The molecule has 0 spiro atoms. The molecule has 1 fully saturated rings. The Morgan fingerprint density at radius 3 is 2.19 bits per heavy atom. The molecule has 0 aliphatic carbocycles. The Bertz CT molecular complexity index is 1350. The summed E-state index contributed by atoms with van der Waals surface area (Å²) >= 11 is 0. The van der Waals surface area contributed by atoms with Gasteiger partial charge in [-0.25, -0.2) is 9.59 Å². The maximum atomic E-state index is 13.0. The zero-order chi connectivity index (χ0) is 26.6. The lowest BCUT2D eigenvalue weighted by Crippen LogP contribution is -2.43. The van der Waals surface area contributed by atoms with Crippen LogP contribution >= 0.6 is 0 Å². The van der Waals surface area contributed by atoms with E-state index in [2.05, 4.69) is 21.3 Å². The molecule has 1 heterocycles. The Labute approximate surface area is 215 Å². The number of carbonyl (C=O) groups excluding carboxylic acids is 4. The van der Waals surface area contributed by atoms with Crippen molar-refractivity contribution >= 4 is 35.3 Å². The highest BCUT2D eigenvalue weighted by Crippen LogP contribution is 2.28. The molecular weight excluding hydrogens is 470 g/mol. The number of nitrogens with one attached hydrogen (secondary N) is 4. The summed E-state index contributed by atoms with van der Waals surface area (Å²) in [4.78, 5) is 51.4. The molecule has 0 radical (unpaired) electrons. The van der Waals surface area contributed by atoms with E-state index in [1.54, 1.807) is 49.4 Å². The topological polar surface area (TPSA) is 120 Å². The molecule has 1 atom stereocenters. The van der Waals surface area contributed by atoms with Gasteiger partial charge in [0.2, 0.25) is 5.91 Å². The fraction of sp³-hybridized carbons (Fsp3) is 0.214. The molecule has 1 aliphatic rings. The van der Waals surface area contributed by atoms with Crippen molar-refractivity contribution in [3.8, 4) is 0 Å². The second-order valence-electron chi connectivity index (χ2n) is 9.24. The predicted molar refractivity (Wildman–Crippen MR) is 141 cm³/mol. The maximum absolute atomic E-state index is 13.0. The van der Waals surface area contributed by atoms with Crippen molar-refractivity contribution in [3.63, 3.8) is 0 Å². The molecule has 9 heteroatoms. The van der Waals surface area contributed by atoms with Crippen molar-refractivity contribution in [1.82, 2.24) is 15.5 Å². The van der Waals surface area contributed by atoms with Gasteiger partial charge >= 0.3 is 12.1 Å². The molecule has 6 amide bonds. The number of anilines is 2. The molecule has 37 heavy (non-hydrogen) atoms. The van der Waals surface area contributed by atoms with Crippen molar-refractivity contribution in [1.29, 1.82) is 0 Å². The van der Waals surface area contributed by atoms with Crippen molar-refractivity contribution < 1.29 is 19.2 Å². The number of urea groups is 2. The summed E-state index contributed by atoms with van der Waals surface area (Å²) in [6, 6.07) is 20.8. The molecule has 1 unspecified atom stereocenters. The molecule has 0 aromatic heterocycles. The lowest BCUT2D eigenvalue weighted by molar-refractivity contribution is -0.134. The summed E-state index contributed by atoms with van der Waals surface area (Å²) in [6.45, 7) is 5.26. The molecule has 9 nitrogen and oxygen atoms in total. The van der Waals surface area contributed by atoms with Crippen LogP contribution in [-0.2, 0) is 21.7 Å². The van der Waals surface area contributed by atoms with Crippen LogP contribution in [0.15, 0.2) is 72.8 Å². The summed E-state index contributed by atoms with van der Waals surface area (Å²) in [5, 5.41) is 11.0. The number of benzene rings is 3. The van der Waals surface area contributed by atoms with Crippen LogP contribution in [0.3, 0.4) is 0 Å². The molecule has 3 aromatic carbocycles. The summed E-state index contributed by atoms with van der Waals surface area (Å²) in [6.07, 6.45) is 0. The van der Waals surface area contributed by atoms with Crippen molar-refractivity contribution in [2.24, 2.45) is 0 Å². The van der Waals surface area contributed by atoms with E-state index in [1.807, 2.05) is 44.2 Å². The van der Waals surface area contributed by atoms with Gasteiger partial charge < -0.3 is 21.3 Å². The Kier molecular flexibility index (Phi) is 7.24. The third-order valence-corrected chi connectivity index (χ3v) is 6.16. The predicted octanol–water partition coefficient (Wildman–Crippen LogP) is 4.03. The van der Waals surface area contributed by atoms with Crippen LogP contribution < -0.4 is 21.3 Å². The Morgan fingerprint density at radius 1 is 0.865 bits per heavy atom. The van der Waals surface area contributed by atoms with Crippen LogP contribution in [0.25, 0.3) is 0 Å². The smallest absolute Gasteiger partial charge is 0.325 e. The Morgan fingerprint density at radius 2 is 1.51 bits per heavy atom. The Hall–Kier alpha value is -4.66. The molecule has 3 aromatic rings. The number of rotatable bonds is 7. The summed E-state index contributed by atoms with van der Waals surface area (Å²) in [7, 11) is 0. The first kappa shape index (κ1) is 25.4. The zero-order valence-corrected chi connectivity index (χ0v) is 20.9.